The van der Waals surface area contributed by atoms with E-state index in [1.54, 1.807) is 0 Å². The Labute approximate surface area is 224 Å². The SMILES string of the molecule is O=C(Nc1ccc2[nH]nc(-c3ccc(C[C@@H]4CCCCC(O)CC4)cc3)c2c1)[C@@H](c1ccccc1)C1CC1. The summed E-state index contributed by atoms with van der Waals surface area (Å²) in [6.45, 7) is 0. The van der Waals surface area contributed by atoms with Crippen LogP contribution in [-0.2, 0) is 11.2 Å². The number of H-pyrrole nitrogens is 1. The highest BCUT2D eigenvalue weighted by atomic mass is 16.3. The fourth-order valence-electron chi connectivity index (χ4n) is 6.13. The van der Waals surface area contributed by atoms with E-state index in [4.69, 9.17) is 0 Å². The molecule has 2 saturated carbocycles. The second kappa shape index (κ2) is 11.1. The van der Waals surface area contributed by atoms with E-state index in [1.165, 1.54) is 18.4 Å². The van der Waals surface area contributed by atoms with E-state index in [1.807, 2.05) is 36.4 Å². The van der Waals surface area contributed by atoms with Gasteiger partial charge in [-0.15, -0.1) is 0 Å². The number of fused-ring (bicyclic) bond motifs is 1. The molecule has 1 unspecified atom stereocenters. The molecule has 0 saturated heterocycles. The first-order valence-electron chi connectivity index (χ1n) is 14.3. The van der Waals surface area contributed by atoms with Gasteiger partial charge in [0.25, 0.3) is 0 Å². The number of hydrogen-bond acceptors (Lipinski definition) is 3. The monoisotopic (exact) mass is 507 g/mol. The minimum atomic E-state index is -0.124. The quantitative estimate of drug-likeness (QED) is 0.247. The molecule has 3 aromatic carbocycles. The number of anilines is 1. The molecule has 3 N–H and O–H groups in total. The third-order valence-corrected chi connectivity index (χ3v) is 8.42. The van der Waals surface area contributed by atoms with Gasteiger partial charge in [-0.25, -0.2) is 0 Å². The van der Waals surface area contributed by atoms with Crippen LogP contribution in [0, 0.1) is 11.8 Å². The van der Waals surface area contributed by atoms with Crippen molar-refractivity contribution >= 4 is 22.5 Å². The number of aliphatic hydroxyl groups excluding tert-OH is 1. The molecule has 0 aliphatic heterocycles. The van der Waals surface area contributed by atoms with E-state index < -0.39 is 0 Å². The van der Waals surface area contributed by atoms with E-state index in [0.717, 1.165) is 78.4 Å². The number of nitrogens with one attached hydrogen (secondary N) is 2. The van der Waals surface area contributed by atoms with Crippen molar-refractivity contribution in [1.82, 2.24) is 10.2 Å². The molecule has 5 nitrogen and oxygen atoms in total. The summed E-state index contributed by atoms with van der Waals surface area (Å²) in [5.74, 6) is 1.03. The second-order valence-corrected chi connectivity index (χ2v) is 11.3. The summed E-state index contributed by atoms with van der Waals surface area (Å²) >= 11 is 0. The Balaban J connectivity index is 1.18. The van der Waals surface area contributed by atoms with Gasteiger partial charge in [-0.2, -0.15) is 5.10 Å². The van der Waals surface area contributed by atoms with Gasteiger partial charge in [0.2, 0.25) is 5.91 Å². The van der Waals surface area contributed by atoms with Crippen molar-refractivity contribution in [2.45, 2.75) is 69.8 Å². The topological polar surface area (TPSA) is 78.0 Å². The first-order chi connectivity index (χ1) is 18.6. The summed E-state index contributed by atoms with van der Waals surface area (Å²) in [6, 6.07) is 24.9. The summed E-state index contributed by atoms with van der Waals surface area (Å²) in [5, 5.41) is 22.0. The fraction of sp³-hybridized carbons (Fsp3) is 0.394. The van der Waals surface area contributed by atoms with Crippen molar-refractivity contribution < 1.29 is 9.90 Å². The average Bonchev–Trinajstić information content (AvgIpc) is 3.67. The second-order valence-electron chi connectivity index (χ2n) is 11.3. The van der Waals surface area contributed by atoms with Crippen molar-refractivity contribution in [3.63, 3.8) is 0 Å². The lowest BCUT2D eigenvalue weighted by molar-refractivity contribution is -0.118. The van der Waals surface area contributed by atoms with E-state index in [9.17, 15) is 9.90 Å². The molecule has 3 atom stereocenters. The largest absolute Gasteiger partial charge is 0.393 e. The molecule has 0 spiro atoms. The predicted molar refractivity (Wildman–Crippen MR) is 153 cm³/mol. The van der Waals surface area contributed by atoms with Gasteiger partial charge in [-0.3, -0.25) is 9.89 Å². The number of carbonyl (C=O) groups excluding carboxylic acids is 1. The summed E-state index contributed by atoms with van der Waals surface area (Å²) in [7, 11) is 0. The Morgan fingerprint density at radius 3 is 2.50 bits per heavy atom. The van der Waals surface area contributed by atoms with Crippen molar-refractivity contribution in [1.29, 1.82) is 0 Å². The number of hydrogen-bond donors (Lipinski definition) is 3. The van der Waals surface area contributed by atoms with Crippen molar-refractivity contribution in [2.24, 2.45) is 11.8 Å². The maximum Gasteiger partial charge on any atom is 0.232 e. The van der Waals surface area contributed by atoms with Crippen LogP contribution in [0.5, 0.6) is 0 Å². The lowest BCUT2D eigenvalue weighted by atomic mass is 9.85. The number of aliphatic hydroxyl groups is 1. The zero-order chi connectivity index (χ0) is 25.9. The Morgan fingerprint density at radius 2 is 1.71 bits per heavy atom. The molecule has 4 aromatic rings. The van der Waals surface area contributed by atoms with Crippen molar-refractivity contribution in [3.05, 3.63) is 83.9 Å². The summed E-state index contributed by atoms with van der Waals surface area (Å²) < 4.78 is 0. The zero-order valence-electron chi connectivity index (χ0n) is 21.9. The highest BCUT2D eigenvalue weighted by Crippen LogP contribution is 2.43. The lowest BCUT2D eigenvalue weighted by Gasteiger charge is -2.22. The highest BCUT2D eigenvalue weighted by Gasteiger charge is 2.37. The van der Waals surface area contributed by atoms with E-state index in [0.29, 0.717) is 11.8 Å². The first kappa shape index (κ1) is 24.9. The third-order valence-electron chi connectivity index (χ3n) is 8.42. The molecule has 0 bridgehead atoms. The normalized spacial score (nSPS) is 21.0. The van der Waals surface area contributed by atoms with Gasteiger partial charge in [0.1, 0.15) is 0 Å². The Hall–Kier alpha value is -3.44. The minimum absolute atomic E-state index is 0.0641. The fourth-order valence-corrected chi connectivity index (χ4v) is 6.13. The summed E-state index contributed by atoms with van der Waals surface area (Å²) in [4.78, 5) is 13.3. The molecule has 38 heavy (non-hydrogen) atoms. The molecule has 0 radical (unpaired) electrons. The summed E-state index contributed by atoms with van der Waals surface area (Å²) in [6.07, 6.45) is 9.74. The molecular weight excluding hydrogens is 470 g/mol. The minimum Gasteiger partial charge on any atom is -0.393 e. The molecule has 2 fully saturated rings. The number of nitrogens with zero attached hydrogens (tertiary/aromatic N) is 1. The number of benzene rings is 3. The number of rotatable bonds is 7. The smallest absolute Gasteiger partial charge is 0.232 e. The van der Waals surface area contributed by atoms with Crippen LogP contribution in [0.2, 0.25) is 0 Å². The Kier molecular flexibility index (Phi) is 7.28. The zero-order valence-corrected chi connectivity index (χ0v) is 21.9. The molecule has 1 amide bonds. The molecule has 5 heteroatoms. The van der Waals surface area contributed by atoms with Crippen LogP contribution in [0.3, 0.4) is 0 Å². The van der Waals surface area contributed by atoms with Crippen LogP contribution in [0.4, 0.5) is 5.69 Å². The number of aromatic nitrogens is 2. The number of carbonyl (C=O) groups is 1. The Morgan fingerprint density at radius 1 is 0.921 bits per heavy atom. The summed E-state index contributed by atoms with van der Waals surface area (Å²) in [5.41, 5.74) is 6.16. The van der Waals surface area contributed by atoms with Gasteiger partial charge in [0, 0.05) is 16.6 Å². The molecule has 1 heterocycles. The first-order valence-corrected chi connectivity index (χ1v) is 14.3. The third kappa shape index (κ3) is 5.68. The molecule has 2 aliphatic rings. The number of aromatic amines is 1. The Bertz CT molecular complexity index is 1370. The van der Waals surface area contributed by atoms with Crippen LogP contribution in [0.1, 0.15) is 68.4 Å². The van der Waals surface area contributed by atoms with E-state index in [2.05, 4.69) is 51.9 Å². The average molecular weight is 508 g/mol. The van der Waals surface area contributed by atoms with Crippen molar-refractivity contribution in [2.75, 3.05) is 5.32 Å². The van der Waals surface area contributed by atoms with Crippen LogP contribution >= 0.6 is 0 Å². The molecular formula is C33H37N3O2. The van der Waals surface area contributed by atoms with E-state index >= 15 is 0 Å². The lowest BCUT2D eigenvalue weighted by Crippen LogP contribution is -2.22. The predicted octanol–water partition coefficient (Wildman–Crippen LogP) is 7.24. The van der Waals surface area contributed by atoms with Crippen LogP contribution < -0.4 is 5.32 Å². The van der Waals surface area contributed by atoms with Gasteiger partial charge in [-0.1, -0.05) is 73.9 Å². The van der Waals surface area contributed by atoms with Gasteiger partial charge in [0.05, 0.1) is 23.2 Å². The molecule has 196 valence electrons. The maximum absolute atomic E-state index is 13.3. The standard InChI is InChI=1S/C33H37N3O2/c37-28-9-5-4-6-22(12-18-28)20-23-10-13-26(14-11-23)32-29-21-27(17-19-30(29)35-36-32)34-33(38)31(25-15-16-25)24-7-2-1-3-8-24/h1-3,7-8,10-11,13-14,17,19,21-22,25,28,31,37H,4-6,9,12,15-16,18,20H2,(H,34,38)(H,35,36)/t22-,28?,31+/m1/s1. The maximum atomic E-state index is 13.3. The van der Waals surface area contributed by atoms with Crippen LogP contribution in [0.25, 0.3) is 22.2 Å². The van der Waals surface area contributed by atoms with Gasteiger partial charge < -0.3 is 10.4 Å². The van der Waals surface area contributed by atoms with Crippen LogP contribution in [0.15, 0.2) is 72.8 Å². The highest BCUT2D eigenvalue weighted by molar-refractivity contribution is 6.00. The van der Waals surface area contributed by atoms with Crippen LogP contribution in [-0.4, -0.2) is 27.3 Å². The number of amides is 1. The molecule has 2 aliphatic carbocycles. The molecule has 6 rings (SSSR count). The van der Waals surface area contributed by atoms with E-state index in [-0.39, 0.29) is 17.9 Å². The van der Waals surface area contributed by atoms with Gasteiger partial charge in [-0.05, 0) is 79.7 Å². The van der Waals surface area contributed by atoms with Gasteiger partial charge in [0.15, 0.2) is 0 Å². The van der Waals surface area contributed by atoms with Crippen molar-refractivity contribution in [3.8, 4) is 11.3 Å². The van der Waals surface area contributed by atoms with Gasteiger partial charge >= 0.3 is 0 Å². The molecule has 1 aromatic heterocycles.